The number of benzene rings is 1. The number of aliphatic imine (C=N–C) groups is 1. The number of halogens is 1. The minimum atomic E-state index is 0. The Labute approximate surface area is 164 Å². The van der Waals surface area contributed by atoms with Gasteiger partial charge in [-0.1, -0.05) is 5.16 Å². The fourth-order valence-corrected chi connectivity index (χ4v) is 2.02. The summed E-state index contributed by atoms with van der Waals surface area (Å²) in [6.07, 6.45) is 0. The molecule has 0 amide bonds. The van der Waals surface area contributed by atoms with Crippen LogP contribution in [0.25, 0.3) is 0 Å². The van der Waals surface area contributed by atoms with Crippen LogP contribution in [-0.2, 0) is 6.54 Å². The van der Waals surface area contributed by atoms with Gasteiger partial charge in [-0.3, -0.25) is 0 Å². The number of aryl methyl sites for hydroxylation is 1. The molecule has 0 aliphatic carbocycles. The van der Waals surface area contributed by atoms with Crippen LogP contribution in [-0.4, -0.2) is 36.4 Å². The molecule has 138 valence electrons. The van der Waals surface area contributed by atoms with Gasteiger partial charge in [0.2, 0.25) is 5.89 Å². The number of rotatable bonds is 7. The number of anilines is 1. The Balaban J connectivity index is 0.00000312. The molecule has 0 radical (unpaired) electrons. The highest BCUT2D eigenvalue weighted by atomic mass is 127. The highest BCUT2D eigenvalue weighted by molar-refractivity contribution is 14.0. The topological polar surface area (TPSA) is 93.8 Å². The molecule has 2 N–H and O–H groups in total. The molecule has 0 fully saturated rings. The van der Waals surface area contributed by atoms with E-state index in [1.807, 2.05) is 32.0 Å². The van der Waals surface area contributed by atoms with Gasteiger partial charge in [0.25, 0.3) is 0 Å². The molecule has 25 heavy (non-hydrogen) atoms. The lowest BCUT2D eigenvalue weighted by Crippen LogP contribution is -2.30. The molecular formula is C16H24IN5O3. The average molecular weight is 461 g/mol. The molecule has 0 atom stereocenters. The second-order valence-electron chi connectivity index (χ2n) is 4.85. The summed E-state index contributed by atoms with van der Waals surface area (Å²) in [5, 5.41) is 10.2. The maximum absolute atomic E-state index is 5.58. The summed E-state index contributed by atoms with van der Waals surface area (Å²) in [5.41, 5.74) is 0.836. The maximum atomic E-state index is 5.58. The number of guanidine groups is 1. The minimum Gasteiger partial charge on any atom is -0.493 e. The molecule has 1 aromatic heterocycles. The molecule has 0 unspecified atom stereocenters. The van der Waals surface area contributed by atoms with Crippen LogP contribution >= 0.6 is 24.0 Å². The molecular weight excluding hydrogens is 437 g/mol. The van der Waals surface area contributed by atoms with Crippen LogP contribution in [0, 0.1) is 6.92 Å². The standard InChI is InChI=1S/C16H23N5O3.HI/c1-5-17-16(18-10-15-19-11(3)24-21-15)20-12-7-8-13(22-4)14(9-12)23-6-2;/h7-9H,5-6,10H2,1-4H3,(H2,17,18,20);1H. The molecule has 2 rings (SSSR count). The van der Waals surface area contributed by atoms with Crippen LogP contribution in [0.15, 0.2) is 27.7 Å². The molecule has 2 aromatic rings. The number of ether oxygens (including phenoxy) is 2. The Kier molecular flexibility index (Phi) is 9.03. The average Bonchev–Trinajstić information content (AvgIpc) is 2.99. The Morgan fingerprint density at radius 1 is 1.28 bits per heavy atom. The van der Waals surface area contributed by atoms with E-state index in [1.54, 1.807) is 14.0 Å². The quantitative estimate of drug-likeness (QED) is 0.372. The fourth-order valence-electron chi connectivity index (χ4n) is 2.02. The lowest BCUT2D eigenvalue weighted by Gasteiger charge is -2.14. The van der Waals surface area contributed by atoms with Crippen LogP contribution in [0.5, 0.6) is 11.5 Å². The van der Waals surface area contributed by atoms with Crippen LogP contribution < -0.4 is 20.1 Å². The summed E-state index contributed by atoms with van der Waals surface area (Å²) < 4.78 is 15.8. The molecule has 0 saturated carbocycles. The summed E-state index contributed by atoms with van der Waals surface area (Å²) in [6, 6.07) is 5.61. The Morgan fingerprint density at radius 2 is 2.08 bits per heavy atom. The van der Waals surface area contributed by atoms with Crippen molar-refractivity contribution in [1.82, 2.24) is 15.5 Å². The van der Waals surface area contributed by atoms with Crippen molar-refractivity contribution < 1.29 is 14.0 Å². The summed E-state index contributed by atoms with van der Waals surface area (Å²) in [7, 11) is 1.61. The van der Waals surface area contributed by atoms with E-state index < -0.39 is 0 Å². The van der Waals surface area contributed by atoms with Gasteiger partial charge in [0.05, 0.1) is 13.7 Å². The van der Waals surface area contributed by atoms with Gasteiger partial charge >= 0.3 is 0 Å². The monoisotopic (exact) mass is 461 g/mol. The van der Waals surface area contributed by atoms with Crippen LogP contribution in [0.2, 0.25) is 0 Å². The van der Waals surface area contributed by atoms with Gasteiger partial charge in [0.15, 0.2) is 23.3 Å². The first-order valence-electron chi connectivity index (χ1n) is 7.81. The molecule has 1 heterocycles. The molecule has 0 bridgehead atoms. The van der Waals surface area contributed by atoms with Crippen molar-refractivity contribution in [3.63, 3.8) is 0 Å². The van der Waals surface area contributed by atoms with Gasteiger partial charge in [0, 0.05) is 25.2 Å². The third-order valence-electron chi connectivity index (χ3n) is 3.02. The molecule has 8 nitrogen and oxygen atoms in total. The van der Waals surface area contributed by atoms with Crippen molar-refractivity contribution in [1.29, 1.82) is 0 Å². The van der Waals surface area contributed by atoms with E-state index in [9.17, 15) is 0 Å². The highest BCUT2D eigenvalue weighted by Crippen LogP contribution is 2.30. The minimum absolute atomic E-state index is 0. The molecule has 9 heteroatoms. The Bertz CT molecular complexity index is 690. The second kappa shape index (κ2) is 10.7. The zero-order valence-corrected chi connectivity index (χ0v) is 17.2. The van der Waals surface area contributed by atoms with Crippen molar-refractivity contribution in [2.24, 2.45) is 4.99 Å². The van der Waals surface area contributed by atoms with E-state index >= 15 is 0 Å². The summed E-state index contributed by atoms with van der Waals surface area (Å²) >= 11 is 0. The Morgan fingerprint density at radius 3 is 2.68 bits per heavy atom. The van der Waals surface area contributed by atoms with E-state index in [2.05, 4.69) is 25.8 Å². The van der Waals surface area contributed by atoms with Crippen molar-refractivity contribution in [3.8, 4) is 11.5 Å². The number of nitrogens with one attached hydrogen (secondary N) is 2. The normalized spacial score (nSPS) is 10.8. The van der Waals surface area contributed by atoms with E-state index in [4.69, 9.17) is 14.0 Å². The predicted octanol–water partition coefficient (Wildman–Crippen LogP) is 2.98. The number of hydrogen-bond acceptors (Lipinski definition) is 6. The fraction of sp³-hybridized carbons (Fsp3) is 0.438. The van der Waals surface area contributed by atoms with E-state index in [0.717, 1.165) is 12.2 Å². The van der Waals surface area contributed by atoms with Crippen LogP contribution in [0.1, 0.15) is 25.6 Å². The summed E-state index contributed by atoms with van der Waals surface area (Å²) in [6.45, 7) is 7.28. The largest absolute Gasteiger partial charge is 0.493 e. The third-order valence-corrected chi connectivity index (χ3v) is 3.02. The zero-order valence-electron chi connectivity index (χ0n) is 14.8. The molecule has 0 spiro atoms. The lowest BCUT2D eigenvalue weighted by molar-refractivity contribution is 0.311. The van der Waals surface area contributed by atoms with Crippen molar-refractivity contribution in [3.05, 3.63) is 29.9 Å². The van der Waals surface area contributed by atoms with Crippen LogP contribution in [0.4, 0.5) is 5.69 Å². The Hall–Kier alpha value is -2.04. The van der Waals surface area contributed by atoms with Gasteiger partial charge < -0.3 is 24.6 Å². The van der Waals surface area contributed by atoms with Crippen molar-refractivity contribution in [2.75, 3.05) is 25.6 Å². The van der Waals surface area contributed by atoms with Gasteiger partial charge in [-0.05, 0) is 26.0 Å². The van der Waals surface area contributed by atoms with Gasteiger partial charge in [-0.25, -0.2) is 4.99 Å². The summed E-state index contributed by atoms with van der Waals surface area (Å²) in [4.78, 5) is 8.58. The number of methoxy groups -OCH3 is 1. The second-order valence-corrected chi connectivity index (χ2v) is 4.85. The SMILES string of the molecule is CCNC(=NCc1noc(C)n1)Nc1ccc(OC)c(OCC)c1.I. The first-order chi connectivity index (χ1) is 11.7. The van der Waals surface area contributed by atoms with E-state index in [-0.39, 0.29) is 24.0 Å². The van der Waals surface area contributed by atoms with Crippen molar-refractivity contribution >= 4 is 35.6 Å². The molecule has 1 aromatic carbocycles. The molecule has 0 aliphatic rings. The number of nitrogens with zero attached hydrogens (tertiary/aromatic N) is 3. The molecule has 0 saturated heterocycles. The number of hydrogen-bond donors (Lipinski definition) is 2. The first-order valence-corrected chi connectivity index (χ1v) is 7.81. The van der Waals surface area contributed by atoms with E-state index in [0.29, 0.717) is 42.3 Å². The zero-order chi connectivity index (χ0) is 17.4. The van der Waals surface area contributed by atoms with Gasteiger partial charge in [-0.2, -0.15) is 4.98 Å². The lowest BCUT2D eigenvalue weighted by atomic mass is 10.2. The van der Waals surface area contributed by atoms with Gasteiger partial charge in [0.1, 0.15) is 6.54 Å². The summed E-state index contributed by atoms with van der Waals surface area (Å²) in [5.74, 6) is 3.04. The van der Waals surface area contributed by atoms with E-state index in [1.165, 1.54) is 0 Å². The third kappa shape index (κ3) is 6.40. The number of aromatic nitrogens is 2. The van der Waals surface area contributed by atoms with Crippen molar-refractivity contribution in [2.45, 2.75) is 27.3 Å². The highest BCUT2D eigenvalue weighted by Gasteiger charge is 2.07. The van der Waals surface area contributed by atoms with Crippen LogP contribution in [0.3, 0.4) is 0 Å². The smallest absolute Gasteiger partial charge is 0.223 e. The maximum Gasteiger partial charge on any atom is 0.223 e. The first kappa shape index (κ1) is 21.0. The van der Waals surface area contributed by atoms with Gasteiger partial charge in [-0.15, -0.1) is 24.0 Å². The predicted molar refractivity (Wildman–Crippen MR) is 107 cm³/mol. The molecule has 0 aliphatic heterocycles.